The molecule has 0 aromatic carbocycles. The van der Waals surface area contributed by atoms with Gasteiger partial charge in [0.25, 0.3) is 0 Å². The van der Waals surface area contributed by atoms with E-state index in [0.29, 0.717) is 7.92 Å². The van der Waals surface area contributed by atoms with Gasteiger partial charge in [-0.1, -0.05) is 140 Å². The molecular formula is C26H56BrP. The zero-order chi connectivity index (χ0) is 21.1. The second kappa shape index (κ2) is 30.1. The number of rotatable bonds is 21. The maximum atomic E-state index is 3.15. The van der Waals surface area contributed by atoms with Crippen LogP contribution in [0.25, 0.3) is 0 Å². The Hall–Kier alpha value is 0.910. The second-order valence-electron chi connectivity index (χ2n) is 8.41. The van der Waals surface area contributed by atoms with Crippen molar-refractivity contribution in [2.75, 3.05) is 23.8 Å². The molecule has 0 atom stereocenters. The molecule has 0 amide bonds. The van der Waals surface area contributed by atoms with Gasteiger partial charge < -0.3 is 0 Å². The zero-order valence-corrected chi connectivity index (χ0v) is 22.9. The largest absolute Gasteiger partial charge is 0.107 e. The van der Waals surface area contributed by atoms with Gasteiger partial charge in [-0.05, 0) is 37.7 Å². The van der Waals surface area contributed by atoms with Crippen molar-refractivity contribution in [2.24, 2.45) is 0 Å². The summed E-state index contributed by atoms with van der Waals surface area (Å²) in [5.41, 5.74) is 0. The summed E-state index contributed by atoms with van der Waals surface area (Å²) >= 11 is 3.15. The highest BCUT2D eigenvalue weighted by Crippen LogP contribution is 2.39. The van der Waals surface area contributed by atoms with E-state index in [1.807, 2.05) is 6.92 Å². The van der Waals surface area contributed by atoms with Crippen molar-refractivity contribution < 1.29 is 0 Å². The molecule has 0 aliphatic carbocycles. The predicted molar refractivity (Wildman–Crippen MR) is 141 cm³/mol. The van der Waals surface area contributed by atoms with E-state index in [9.17, 15) is 0 Å². The van der Waals surface area contributed by atoms with Crippen LogP contribution in [0.5, 0.6) is 0 Å². The Morgan fingerprint density at radius 1 is 0.393 bits per heavy atom. The van der Waals surface area contributed by atoms with Gasteiger partial charge in [-0.3, -0.25) is 0 Å². The number of hydrogen-bond donors (Lipinski definition) is 0. The molecule has 0 bridgehead atoms. The van der Waals surface area contributed by atoms with Crippen molar-refractivity contribution in [3.8, 4) is 0 Å². The molecule has 0 N–H and O–H groups in total. The predicted octanol–water partition coefficient (Wildman–Crippen LogP) is 11.0. The van der Waals surface area contributed by atoms with Crippen LogP contribution in [-0.4, -0.2) is 23.8 Å². The first kappa shape index (κ1) is 31.1. The summed E-state index contributed by atoms with van der Waals surface area (Å²) in [4.78, 5) is 0. The van der Waals surface area contributed by atoms with E-state index >= 15 is 0 Å². The summed E-state index contributed by atoms with van der Waals surface area (Å²) in [6.07, 6.45) is 31.2. The van der Waals surface area contributed by atoms with Crippen LogP contribution in [0.3, 0.4) is 0 Å². The topological polar surface area (TPSA) is 0 Å². The highest BCUT2D eigenvalue weighted by molar-refractivity contribution is 9.09. The second-order valence-corrected chi connectivity index (χ2v) is 12.2. The van der Waals surface area contributed by atoms with Gasteiger partial charge in [-0.2, -0.15) is 0 Å². The van der Waals surface area contributed by atoms with Crippen molar-refractivity contribution in [3.05, 3.63) is 0 Å². The molecule has 0 unspecified atom stereocenters. The molecule has 0 fully saturated rings. The fourth-order valence-corrected chi connectivity index (χ4v) is 6.37. The number of halogens is 1. The van der Waals surface area contributed by atoms with Crippen LogP contribution >= 0.6 is 23.9 Å². The minimum atomic E-state index is 0.366. The maximum absolute atomic E-state index is 3.15. The molecule has 0 saturated carbocycles. The molecule has 0 nitrogen and oxygen atoms in total. The summed E-state index contributed by atoms with van der Waals surface area (Å²) in [6.45, 7) is 9.00. The fraction of sp³-hybridized carbons (Fsp3) is 1.00. The molecule has 28 heavy (non-hydrogen) atoms. The van der Waals surface area contributed by atoms with Crippen LogP contribution < -0.4 is 0 Å². The molecule has 172 valence electrons. The third kappa shape index (κ3) is 29.1. The van der Waals surface area contributed by atoms with E-state index in [2.05, 4.69) is 36.7 Å². The number of hydrogen-bond acceptors (Lipinski definition) is 0. The lowest BCUT2D eigenvalue weighted by molar-refractivity contribution is 0.617. The van der Waals surface area contributed by atoms with E-state index in [1.54, 1.807) is 18.5 Å². The van der Waals surface area contributed by atoms with E-state index < -0.39 is 0 Å². The van der Waals surface area contributed by atoms with Gasteiger partial charge in [-0.25, -0.2) is 0 Å². The van der Waals surface area contributed by atoms with Crippen LogP contribution in [0, 0.1) is 0 Å². The minimum Gasteiger partial charge on any atom is -0.107 e. The van der Waals surface area contributed by atoms with Crippen LogP contribution in [0.2, 0.25) is 0 Å². The van der Waals surface area contributed by atoms with Gasteiger partial charge in [0.15, 0.2) is 0 Å². The Kier molecular flexibility index (Phi) is 33.4. The first-order valence-corrected chi connectivity index (χ1v) is 16.1. The lowest BCUT2D eigenvalue weighted by Gasteiger charge is -2.18. The van der Waals surface area contributed by atoms with Crippen molar-refractivity contribution in [1.82, 2.24) is 0 Å². The Morgan fingerprint density at radius 2 is 0.607 bits per heavy atom. The van der Waals surface area contributed by atoms with Gasteiger partial charge in [0, 0.05) is 5.33 Å². The third-order valence-corrected chi connectivity index (χ3v) is 8.33. The SMILES string of the molecule is CCBr.CCCCCCCCP(CCCCCCCC)CCCCCCCC. The average Bonchev–Trinajstić information content (AvgIpc) is 2.69. The molecule has 0 aliphatic heterocycles. The van der Waals surface area contributed by atoms with Gasteiger partial charge >= 0.3 is 0 Å². The van der Waals surface area contributed by atoms with Crippen LogP contribution in [-0.2, 0) is 0 Å². The number of unbranched alkanes of at least 4 members (excludes halogenated alkanes) is 15. The van der Waals surface area contributed by atoms with Gasteiger partial charge in [-0.15, -0.1) is 7.92 Å². The van der Waals surface area contributed by atoms with Gasteiger partial charge in [0.2, 0.25) is 0 Å². The molecule has 0 aromatic heterocycles. The van der Waals surface area contributed by atoms with Gasteiger partial charge in [0.1, 0.15) is 0 Å². The maximum Gasteiger partial charge on any atom is 0.000281 e. The smallest absolute Gasteiger partial charge is 0.000281 e. The third-order valence-electron chi connectivity index (χ3n) is 5.48. The molecule has 0 aromatic rings. The summed E-state index contributed by atoms with van der Waals surface area (Å²) in [6, 6.07) is 0. The van der Waals surface area contributed by atoms with E-state index in [4.69, 9.17) is 0 Å². The van der Waals surface area contributed by atoms with Crippen LogP contribution in [0.15, 0.2) is 0 Å². The molecule has 0 rings (SSSR count). The molecule has 0 saturated heterocycles. The van der Waals surface area contributed by atoms with E-state index in [-0.39, 0.29) is 0 Å². The fourth-order valence-electron chi connectivity index (χ4n) is 3.68. The standard InChI is InChI=1S/C24H51P.C2H5Br/c1-4-7-10-13-16-19-22-25(23-20-17-14-11-8-5-2)24-21-18-15-12-9-6-3;1-2-3/h4-24H2,1-3H3;2H2,1H3. The van der Waals surface area contributed by atoms with Crippen molar-refractivity contribution in [3.63, 3.8) is 0 Å². The monoisotopic (exact) mass is 478 g/mol. The van der Waals surface area contributed by atoms with Crippen molar-refractivity contribution in [2.45, 2.75) is 143 Å². The molecule has 0 heterocycles. The van der Waals surface area contributed by atoms with Crippen LogP contribution in [0.1, 0.15) is 143 Å². The van der Waals surface area contributed by atoms with E-state index in [0.717, 1.165) is 5.33 Å². The quantitative estimate of drug-likeness (QED) is 0.0872. The van der Waals surface area contributed by atoms with Crippen LogP contribution in [0.4, 0.5) is 0 Å². The summed E-state index contributed by atoms with van der Waals surface area (Å²) in [5.74, 6) is 0. The number of alkyl halides is 1. The molecule has 0 spiro atoms. The average molecular weight is 480 g/mol. The molecule has 0 radical (unpaired) electrons. The summed E-state index contributed by atoms with van der Waals surface area (Å²) < 4.78 is 0. The van der Waals surface area contributed by atoms with E-state index in [1.165, 1.54) is 116 Å². The highest BCUT2D eigenvalue weighted by atomic mass is 79.9. The van der Waals surface area contributed by atoms with Gasteiger partial charge in [0.05, 0.1) is 0 Å². The lowest BCUT2D eigenvalue weighted by Crippen LogP contribution is -1.97. The Balaban J connectivity index is 0. The normalized spacial score (nSPS) is 10.9. The summed E-state index contributed by atoms with van der Waals surface area (Å²) in [7, 11) is 0.366. The summed E-state index contributed by atoms with van der Waals surface area (Å²) in [5, 5.41) is 1.06. The van der Waals surface area contributed by atoms with Crippen molar-refractivity contribution >= 4 is 23.9 Å². The minimum absolute atomic E-state index is 0.366. The highest BCUT2D eigenvalue weighted by Gasteiger charge is 2.07. The molecule has 2 heteroatoms. The first-order valence-electron chi connectivity index (χ1n) is 13.0. The Morgan fingerprint density at radius 3 is 0.857 bits per heavy atom. The first-order chi connectivity index (χ1) is 13.8. The molecule has 0 aliphatic rings. The Labute approximate surface area is 190 Å². The molecular weight excluding hydrogens is 423 g/mol. The Bertz CT molecular complexity index is 207. The zero-order valence-electron chi connectivity index (χ0n) is 20.4. The lowest BCUT2D eigenvalue weighted by atomic mass is 10.1. The van der Waals surface area contributed by atoms with Crippen molar-refractivity contribution in [1.29, 1.82) is 0 Å².